The summed E-state index contributed by atoms with van der Waals surface area (Å²) in [6.45, 7) is 0. The van der Waals surface area contributed by atoms with Gasteiger partial charge in [-0.2, -0.15) is 0 Å². The van der Waals surface area contributed by atoms with E-state index in [1.807, 2.05) is 0 Å². The first-order valence-corrected chi connectivity index (χ1v) is 4.74. The van der Waals surface area contributed by atoms with E-state index in [0.29, 0.717) is 0 Å². The molecule has 0 radical (unpaired) electrons. The van der Waals surface area contributed by atoms with E-state index in [-0.39, 0.29) is 11.4 Å². The van der Waals surface area contributed by atoms with Crippen LogP contribution in [0, 0.1) is 23.3 Å². The first-order chi connectivity index (χ1) is 8.09. The Kier molecular flexibility index (Phi) is 2.99. The minimum atomic E-state index is -1.59. The molecule has 0 aromatic heterocycles. The van der Waals surface area contributed by atoms with E-state index in [2.05, 4.69) is 5.32 Å². The Morgan fingerprint density at radius 2 is 1.35 bits per heavy atom. The van der Waals surface area contributed by atoms with Gasteiger partial charge in [0.15, 0.2) is 17.5 Å². The summed E-state index contributed by atoms with van der Waals surface area (Å²) in [5.74, 6) is -4.88. The standard InChI is InChI=1S/C12H7F4N/c13-7-3-1-2-4-9(7)17-10-6-5-8(14)11(15)12(10)16/h1-6,17H. The Bertz CT molecular complexity index is 554. The second-order valence-corrected chi connectivity index (χ2v) is 3.33. The van der Waals surface area contributed by atoms with Gasteiger partial charge in [-0.1, -0.05) is 12.1 Å². The number of hydrogen-bond acceptors (Lipinski definition) is 1. The fourth-order valence-electron chi connectivity index (χ4n) is 1.33. The predicted octanol–water partition coefficient (Wildman–Crippen LogP) is 3.99. The maximum Gasteiger partial charge on any atom is 0.196 e. The van der Waals surface area contributed by atoms with E-state index < -0.39 is 23.3 Å². The molecule has 0 spiro atoms. The van der Waals surface area contributed by atoms with E-state index >= 15 is 0 Å². The smallest absolute Gasteiger partial charge is 0.196 e. The molecular weight excluding hydrogens is 234 g/mol. The van der Waals surface area contributed by atoms with Gasteiger partial charge in [0.05, 0.1) is 11.4 Å². The number of benzene rings is 2. The fraction of sp³-hybridized carbons (Fsp3) is 0. The molecule has 2 aromatic carbocycles. The monoisotopic (exact) mass is 241 g/mol. The Morgan fingerprint density at radius 1 is 0.647 bits per heavy atom. The molecule has 0 heterocycles. The highest BCUT2D eigenvalue weighted by Crippen LogP contribution is 2.24. The number of rotatable bonds is 2. The molecule has 2 rings (SSSR count). The molecule has 1 nitrogen and oxygen atoms in total. The van der Waals surface area contributed by atoms with Crippen LogP contribution in [0.5, 0.6) is 0 Å². The second kappa shape index (κ2) is 4.45. The van der Waals surface area contributed by atoms with Crippen molar-refractivity contribution in [3.05, 3.63) is 59.7 Å². The van der Waals surface area contributed by atoms with Gasteiger partial charge in [-0.25, -0.2) is 17.6 Å². The van der Waals surface area contributed by atoms with Crippen LogP contribution in [-0.4, -0.2) is 0 Å². The third kappa shape index (κ3) is 2.22. The summed E-state index contributed by atoms with van der Waals surface area (Å²) in [5, 5.41) is 2.35. The predicted molar refractivity (Wildman–Crippen MR) is 56.0 cm³/mol. The zero-order valence-electron chi connectivity index (χ0n) is 8.48. The van der Waals surface area contributed by atoms with Crippen molar-refractivity contribution in [2.45, 2.75) is 0 Å². The van der Waals surface area contributed by atoms with Crippen molar-refractivity contribution in [3.8, 4) is 0 Å². The lowest BCUT2D eigenvalue weighted by atomic mass is 10.2. The average molecular weight is 241 g/mol. The van der Waals surface area contributed by atoms with Gasteiger partial charge < -0.3 is 5.32 Å². The van der Waals surface area contributed by atoms with E-state index in [9.17, 15) is 17.6 Å². The maximum atomic E-state index is 13.3. The summed E-state index contributed by atoms with van der Waals surface area (Å²) in [4.78, 5) is 0. The molecular formula is C12H7F4N. The van der Waals surface area contributed by atoms with Crippen molar-refractivity contribution in [2.75, 3.05) is 5.32 Å². The molecule has 0 aliphatic rings. The van der Waals surface area contributed by atoms with Gasteiger partial charge in [-0.05, 0) is 24.3 Å². The third-order valence-corrected chi connectivity index (χ3v) is 2.18. The van der Waals surface area contributed by atoms with Gasteiger partial charge in [-0.15, -0.1) is 0 Å². The van der Waals surface area contributed by atoms with Crippen molar-refractivity contribution in [1.82, 2.24) is 0 Å². The molecule has 0 bridgehead atoms. The van der Waals surface area contributed by atoms with E-state index in [4.69, 9.17) is 0 Å². The van der Waals surface area contributed by atoms with Crippen molar-refractivity contribution >= 4 is 11.4 Å². The van der Waals surface area contributed by atoms with Gasteiger partial charge in [0.25, 0.3) is 0 Å². The summed E-state index contributed by atoms with van der Waals surface area (Å²) in [5.41, 5.74) is -0.341. The zero-order valence-corrected chi connectivity index (χ0v) is 8.48. The van der Waals surface area contributed by atoms with Crippen LogP contribution in [0.15, 0.2) is 36.4 Å². The van der Waals surface area contributed by atoms with Crippen molar-refractivity contribution in [2.24, 2.45) is 0 Å². The molecule has 17 heavy (non-hydrogen) atoms. The summed E-state index contributed by atoms with van der Waals surface area (Å²) in [6.07, 6.45) is 0. The number of nitrogens with one attached hydrogen (secondary N) is 1. The summed E-state index contributed by atoms with van der Waals surface area (Å²) < 4.78 is 52.1. The van der Waals surface area contributed by atoms with Crippen LogP contribution in [0.4, 0.5) is 28.9 Å². The highest BCUT2D eigenvalue weighted by molar-refractivity contribution is 5.60. The molecule has 1 N–H and O–H groups in total. The quantitative estimate of drug-likeness (QED) is 0.619. The van der Waals surface area contributed by atoms with Crippen LogP contribution in [0.3, 0.4) is 0 Å². The molecule has 88 valence electrons. The van der Waals surface area contributed by atoms with Crippen molar-refractivity contribution in [1.29, 1.82) is 0 Å². The second-order valence-electron chi connectivity index (χ2n) is 3.33. The van der Waals surface area contributed by atoms with E-state index in [1.54, 1.807) is 0 Å². The molecule has 0 saturated carbocycles. The van der Waals surface area contributed by atoms with Gasteiger partial charge in [0.2, 0.25) is 0 Å². The minimum absolute atomic E-state index is 0.0163. The lowest BCUT2D eigenvalue weighted by Crippen LogP contribution is -2.00. The Labute approximate surface area is 94.7 Å². The topological polar surface area (TPSA) is 12.0 Å². The SMILES string of the molecule is Fc1ccccc1Nc1ccc(F)c(F)c1F. The number of anilines is 2. The third-order valence-electron chi connectivity index (χ3n) is 2.18. The first kappa shape index (κ1) is 11.4. The number of halogens is 4. The largest absolute Gasteiger partial charge is 0.351 e. The van der Waals surface area contributed by atoms with Crippen LogP contribution >= 0.6 is 0 Å². The van der Waals surface area contributed by atoms with Crippen LogP contribution in [0.25, 0.3) is 0 Å². The molecule has 0 amide bonds. The van der Waals surface area contributed by atoms with Crippen LogP contribution in [-0.2, 0) is 0 Å². The number of hydrogen-bond donors (Lipinski definition) is 1. The zero-order chi connectivity index (χ0) is 12.4. The van der Waals surface area contributed by atoms with Crippen molar-refractivity contribution in [3.63, 3.8) is 0 Å². The van der Waals surface area contributed by atoms with E-state index in [0.717, 1.165) is 12.1 Å². The highest BCUT2D eigenvalue weighted by atomic mass is 19.2. The molecule has 0 atom stereocenters. The molecule has 0 fully saturated rings. The minimum Gasteiger partial charge on any atom is -0.351 e. The highest BCUT2D eigenvalue weighted by Gasteiger charge is 2.14. The van der Waals surface area contributed by atoms with Crippen molar-refractivity contribution < 1.29 is 17.6 Å². The van der Waals surface area contributed by atoms with Gasteiger partial charge >= 0.3 is 0 Å². The molecule has 5 heteroatoms. The lowest BCUT2D eigenvalue weighted by Gasteiger charge is -2.08. The summed E-state index contributed by atoms with van der Waals surface area (Å²) in [7, 11) is 0. The molecule has 0 unspecified atom stereocenters. The normalized spacial score (nSPS) is 10.4. The average Bonchev–Trinajstić information content (AvgIpc) is 2.32. The van der Waals surface area contributed by atoms with Gasteiger partial charge in [0, 0.05) is 0 Å². The van der Waals surface area contributed by atoms with E-state index in [1.165, 1.54) is 24.3 Å². The molecule has 2 aromatic rings. The number of para-hydroxylation sites is 1. The Hall–Kier alpha value is -2.04. The van der Waals surface area contributed by atoms with Gasteiger partial charge in [0.1, 0.15) is 5.82 Å². The lowest BCUT2D eigenvalue weighted by molar-refractivity contribution is 0.449. The van der Waals surface area contributed by atoms with Crippen LogP contribution in [0.1, 0.15) is 0 Å². The fourth-order valence-corrected chi connectivity index (χ4v) is 1.33. The van der Waals surface area contributed by atoms with Crippen LogP contribution in [0.2, 0.25) is 0 Å². The Balaban J connectivity index is 2.38. The summed E-state index contributed by atoms with van der Waals surface area (Å²) >= 11 is 0. The van der Waals surface area contributed by atoms with Gasteiger partial charge in [-0.3, -0.25) is 0 Å². The molecule has 0 aliphatic heterocycles. The maximum absolute atomic E-state index is 13.3. The first-order valence-electron chi connectivity index (χ1n) is 4.74. The summed E-state index contributed by atoms with van der Waals surface area (Å²) in [6, 6.07) is 7.28. The molecule has 0 saturated heterocycles. The Morgan fingerprint density at radius 3 is 2.06 bits per heavy atom. The molecule has 0 aliphatic carbocycles. The van der Waals surface area contributed by atoms with Crippen LogP contribution < -0.4 is 5.32 Å².